The van der Waals surface area contributed by atoms with E-state index in [1.54, 1.807) is 72.8 Å². The summed E-state index contributed by atoms with van der Waals surface area (Å²) in [6, 6.07) is 17.5. The van der Waals surface area contributed by atoms with E-state index in [0.29, 0.717) is 86.5 Å². The number of Topliss-reactive ketones (excluding diaryl/α,β-unsaturated/α-hetero) is 3. The third-order valence-corrected chi connectivity index (χ3v) is 16.8. The zero-order valence-electron chi connectivity index (χ0n) is 51.7. The zero-order chi connectivity index (χ0) is 63.2. The molecule has 18 nitrogen and oxygen atoms in total. The van der Waals surface area contributed by atoms with Gasteiger partial charge in [0.1, 0.15) is 17.5 Å². The highest BCUT2D eigenvalue weighted by Crippen LogP contribution is 2.44. The number of aliphatic hydroxyl groups excluding tert-OH is 1. The molecular weight excluding hydrogens is 1130 g/mol. The number of hydrogen-bond acceptors (Lipinski definition) is 13. The average Bonchev–Trinajstić information content (AvgIpc) is 1.07. The lowest BCUT2D eigenvalue weighted by Crippen LogP contribution is -2.55. The Hall–Kier alpha value is -6.99. The Bertz CT molecular complexity index is 2900. The summed E-state index contributed by atoms with van der Waals surface area (Å²) in [5.74, 6) is -3.45. The van der Waals surface area contributed by atoms with Crippen molar-refractivity contribution < 1.29 is 52.9 Å². The molecule has 0 saturated heterocycles. The molecule has 3 aliphatic carbocycles. The normalized spacial score (nSPS) is 19.5. The number of benzene rings is 3. The van der Waals surface area contributed by atoms with Crippen LogP contribution in [0.3, 0.4) is 0 Å². The number of amides is 5. The summed E-state index contributed by atoms with van der Waals surface area (Å²) in [6.45, 7) is 14.7. The summed E-state index contributed by atoms with van der Waals surface area (Å²) in [5.41, 5.74) is 7.90. The molecule has 0 aliphatic heterocycles. The third-order valence-electron chi connectivity index (χ3n) is 16.6. The van der Waals surface area contributed by atoms with E-state index in [1.807, 2.05) is 72.7 Å². The van der Waals surface area contributed by atoms with E-state index < -0.39 is 71.7 Å². The minimum atomic E-state index is -1.12. The van der Waals surface area contributed by atoms with Gasteiger partial charge in [-0.25, -0.2) is 4.79 Å². The lowest BCUT2D eigenvalue weighted by Gasteiger charge is -2.35. The Morgan fingerprint density at radius 3 is 1.87 bits per heavy atom. The van der Waals surface area contributed by atoms with Crippen molar-refractivity contribution in [1.82, 2.24) is 31.9 Å². The molecule has 9 N–H and O–H groups in total. The average molecular weight is 1220 g/mol. The van der Waals surface area contributed by atoms with E-state index in [-0.39, 0.29) is 83.5 Å². The molecule has 19 heteroatoms. The van der Waals surface area contributed by atoms with E-state index in [4.69, 9.17) is 26.8 Å². The molecule has 1 saturated carbocycles. The molecule has 472 valence electrons. The molecule has 8 atom stereocenters. The predicted molar refractivity (Wildman–Crippen MR) is 337 cm³/mol. The van der Waals surface area contributed by atoms with Gasteiger partial charge >= 0.3 is 6.09 Å². The molecule has 5 amide bonds. The van der Waals surface area contributed by atoms with E-state index in [9.17, 15) is 43.5 Å². The van der Waals surface area contributed by atoms with Crippen LogP contribution in [0.25, 0.3) is 0 Å². The Morgan fingerprint density at radius 1 is 0.667 bits per heavy atom. The van der Waals surface area contributed by atoms with Crippen LogP contribution in [0.1, 0.15) is 164 Å². The Balaban J connectivity index is 1.03. The van der Waals surface area contributed by atoms with Gasteiger partial charge in [-0.15, -0.1) is 0 Å². The lowest BCUT2D eigenvalue weighted by molar-refractivity contribution is -0.130. The number of carbonyl (C=O) groups is 8. The predicted octanol–water partition coefficient (Wildman–Crippen LogP) is 9.74. The molecule has 0 aromatic heterocycles. The minimum absolute atomic E-state index is 0.0165. The van der Waals surface area contributed by atoms with Gasteiger partial charge in [-0.1, -0.05) is 116 Å². The van der Waals surface area contributed by atoms with Crippen molar-refractivity contribution in [2.24, 2.45) is 41.2 Å². The van der Waals surface area contributed by atoms with Crippen molar-refractivity contribution >= 4 is 58.7 Å². The number of carbonyl (C=O) groups excluding carboxylic acids is 8. The SMILES string of the molecule is CCCCNC(=O)C[C@H](O)[C@H](CC(C)C)NC(=O)[C@@H](NC(=O)c1ccc(Oc2ccc(C(=O)[C@H](CC(C)C)NC(=O)[C@H](CCCCN)NCCNC(=O)OC3=C(C4CCC(c5ccc(Cl)cc5)CC4)C(=O)C4C=CC=CC4C3=O)cc2)cc1)[C@@H](C)CC. The third kappa shape index (κ3) is 20.5. The van der Waals surface area contributed by atoms with E-state index in [2.05, 4.69) is 31.9 Å². The molecule has 6 rings (SSSR count). The maximum atomic E-state index is 14.2. The maximum absolute atomic E-state index is 14.2. The van der Waals surface area contributed by atoms with Crippen molar-refractivity contribution in [3.63, 3.8) is 0 Å². The summed E-state index contributed by atoms with van der Waals surface area (Å²) in [7, 11) is 0. The van der Waals surface area contributed by atoms with Crippen molar-refractivity contribution in [2.75, 3.05) is 26.2 Å². The van der Waals surface area contributed by atoms with Crippen LogP contribution in [0.2, 0.25) is 5.02 Å². The van der Waals surface area contributed by atoms with Gasteiger partial charge in [-0.2, -0.15) is 0 Å². The minimum Gasteiger partial charge on any atom is -0.457 e. The van der Waals surface area contributed by atoms with Crippen LogP contribution in [0.5, 0.6) is 11.5 Å². The monoisotopic (exact) mass is 1220 g/mol. The first-order valence-corrected chi connectivity index (χ1v) is 31.7. The molecule has 3 aromatic carbocycles. The Morgan fingerprint density at radius 2 is 1.28 bits per heavy atom. The number of ether oxygens (including phenoxy) is 2. The quantitative estimate of drug-likeness (QED) is 0.0209. The fraction of sp³-hybridized carbons (Fsp3) is 0.529. The molecule has 0 bridgehead atoms. The second kappa shape index (κ2) is 34.5. The van der Waals surface area contributed by atoms with Crippen molar-refractivity contribution in [3.8, 4) is 11.5 Å². The molecular formula is C68H92ClN7O11. The van der Waals surface area contributed by atoms with Crippen LogP contribution in [-0.4, -0.2) is 109 Å². The molecule has 0 spiro atoms. The van der Waals surface area contributed by atoms with Crippen LogP contribution >= 0.6 is 11.6 Å². The molecule has 2 unspecified atom stereocenters. The van der Waals surface area contributed by atoms with Crippen LogP contribution in [0, 0.1) is 35.5 Å². The number of allylic oxidation sites excluding steroid dienone is 6. The molecule has 3 aromatic rings. The first kappa shape index (κ1) is 69.1. The number of nitrogens with one attached hydrogen (secondary N) is 6. The van der Waals surface area contributed by atoms with Gasteiger partial charge in [0.15, 0.2) is 17.3 Å². The van der Waals surface area contributed by atoms with Crippen LogP contribution in [0.15, 0.2) is 108 Å². The van der Waals surface area contributed by atoms with Gasteiger partial charge in [0.25, 0.3) is 5.91 Å². The van der Waals surface area contributed by atoms with E-state index in [1.165, 1.54) is 5.56 Å². The first-order chi connectivity index (χ1) is 41.7. The smallest absolute Gasteiger partial charge is 0.412 e. The highest BCUT2D eigenvalue weighted by molar-refractivity contribution is 6.30. The number of nitrogens with two attached hydrogens (primary N) is 1. The van der Waals surface area contributed by atoms with Gasteiger partial charge in [0, 0.05) is 41.4 Å². The zero-order valence-corrected chi connectivity index (χ0v) is 52.4. The number of fused-ring (bicyclic) bond motifs is 1. The van der Waals surface area contributed by atoms with Gasteiger partial charge in [-0.05, 0) is 160 Å². The van der Waals surface area contributed by atoms with Gasteiger partial charge < -0.3 is 52.2 Å². The number of hydrogen-bond donors (Lipinski definition) is 8. The number of ketones is 3. The first-order valence-electron chi connectivity index (χ1n) is 31.3. The molecule has 0 radical (unpaired) electrons. The fourth-order valence-corrected chi connectivity index (χ4v) is 11.6. The van der Waals surface area contributed by atoms with Gasteiger partial charge in [0.05, 0.1) is 42.5 Å². The summed E-state index contributed by atoms with van der Waals surface area (Å²) in [5, 5.41) is 29.3. The number of rotatable bonds is 33. The second-order valence-corrected chi connectivity index (χ2v) is 24.7. The van der Waals surface area contributed by atoms with E-state index >= 15 is 0 Å². The van der Waals surface area contributed by atoms with Gasteiger partial charge in [-0.3, -0.25) is 33.6 Å². The molecule has 87 heavy (non-hydrogen) atoms. The van der Waals surface area contributed by atoms with Crippen LogP contribution in [0.4, 0.5) is 4.79 Å². The number of unbranched alkanes of at least 4 members (excludes halogenated alkanes) is 2. The molecule has 0 heterocycles. The van der Waals surface area contributed by atoms with Gasteiger partial charge in [0.2, 0.25) is 23.5 Å². The maximum Gasteiger partial charge on any atom is 0.412 e. The number of halogens is 1. The summed E-state index contributed by atoms with van der Waals surface area (Å²) in [4.78, 5) is 110. The molecule has 3 aliphatic rings. The van der Waals surface area contributed by atoms with Crippen LogP contribution < -0.4 is 42.4 Å². The molecule has 1 fully saturated rings. The largest absolute Gasteiger partial charge is 0.457 e. The topological polar surface area (TPSA) is 273 Å². The Labute approximate surface area is 518 Å². The van der Waals surface area contributed by atoms with Crippen LogP contribution in [-0.2, 0) is 28.7 Å². The van der Waals surface area contributed by atoms with Crippen molar-refractivity contribution in [3.05, 3.63) is 130 Å². The highest BCUT2D eigenvalue weighted by Gasteiger charge is 2.46. The number of alkyl carbamates (subject to hydrolysis) is 1. The Kier molecular flexibility index (Phi) is 27.4. The summed E-state index contributed by atoms with van der Waals surface area (Å²) < 4.78 is 11.9. The summed E-state index contributed by atoms with van der Waals surface area (Å²) >= 11 is 6.14. The fourth-order valence-electron chi connectivity index (χ4n) is 11.5. The second-order valence-electron chi connectivity index (χ2n) is 24.3. The van der Waals surface area contributed by atoms with E-state index in [0.717, 1.165) is 25.7 Å². The standard InChI is InChI=1S/C68H92ClN7O11/c1-8-10-35-72-58(78)40-57(77)55(38-41(3)4)74-67(84)60(43(7)9-2)76-65(82)48-26-32-51(33-27-48)86-50-30-24-47(25-31-50)61(79)56(39-42(5)6)75-66(83)54(17-13-14-34-70)71-36-37-73-68(85)87-64-59(62(80)52-15-11-12-16-53(52)63(64)81)46-20-18-44(19-21-46)45-22-28-49(69)29-23-45/h11-12,15-16,22-33,41-44,46,52-57,60,71,77H,8-10,13-14,17-21,34-40,70H2,1-7H3,(H,72,78)(H,73,85)(H,74,84)(H,75,83)(H,76,82)/t43-,44?,46?,52?,53?,54-,55-,56-,57-,60-/m0/s1. The lowest BCUT2D eigenvalue weighted by atomic mass is 9.68. The summed E-state index contributed by atoms with van der Waals surface area (Å²) in [6.07, 6.45) is 12.4. The van der Waals surface area contributed by atoms with Crippen molar-refractivity contribution in [1.29, 1.82) is 0 Å². The number of aliphatic hydroxyl groups is 1. The van der Waals surface area contributed by atoms with Crippen molar-refractivity contribution in [2.45, 2.75) is 168 Å². The highest BCUT2D eigenvalue weighted by atomic mass is 35.5.